The number of nitrogen functional groups attached to an aromatic ring is 1. The van der Waals surface area contributed by atoms with Crippen molar-refractivity contribution in [2.24, 2.45) is 0 Å². The Kier molecular flexibility index (Phi) is 2.60. The van der Waals surface area contributed by atoms with Crippen LogP contribution in [0, 0.1) is 0 Å². The number of aliphatic hydroxyl groups is 1. The molecule has 1 heterocycles. The Morgan fingerprint density at radius 1 is 1.67 bits per heavy atom. The number of pyridine rings is 1. The third-order valence-corrected chi connectivity index (χ3v) is 3.03. The van der Waals surface area contributed by atoms with E-state index in [-0.39, 0.29) is 6.04 Å². The summed E-state index contributed by atoms with van der Waals surface area (Å²) in [6, 6.07) is 2.09. The van der Waals surface area contributed by atoms with E-state index in [1.807, 2.05) is 13.0 Å². The number of nitrogens with one attached hydrogen (secondary N) is 1. The van der Waals surface area contributed by atoms with Crippen LogP contribution in [0.2, 0.25) is 0 Å². The van der Waals surface area contributed by atoms with Crippen LogP contribution in [-0.4, -0.2) is 21.7 Å². The van der Waals surface area contributed by atoms with Crippen LogP contribution in [0.5, 0.6) is 0 Å². The monoisotopic (exact) mass is 271 g/mol. The van der Waals surface area contributed by atoms with Crippen molar-refractivity contribution in [3.05, 3.63) is 16.7 Å². The van der Waals surface area contributed by atoms with E-state index in [2.05, 4.69) is 26.2 Å². The zero-order valence-corrected chi connectivity index (χ0v) is 10.1. The van der Waals surface area contributed by atoms with Gasteiger partial charge in [0.25, 0.3) is 0 Å². The number of rotatable bonds is 2. The number of aromatic nitrogens is 1. The Bertz CT molecular complexity index is 373. The molecule has 0 spiro atoms. The average Bonchev–Trinajstić information content (AvgIpc) is 2.06. The molecule has 82 valence electrons. The second kappa shape index (κ2) is 3.64. The van der Waals surface area contributed by atoms with Crippen LogP contribution in [0.4, 0.5) is 11.5 Å². The smallest absolute Gasteiger partial charge is 0.149 e. The van der Waals surface area contributed by atoms with Crippen molar-refractivity contribution < 1.29 is 5.11 Å². The van der Waals surface area contributed by atoms with Gasteiger partial charge in [-0.1, -0.05) is 0 Å². The first-order valence-electron chi connectivity index (χ1n) is 4.86. The highest BCUT2D eigenvalue weighted by Crippen LogP contribution is 2.34. The molecule has 1 aliphatic carbocycles. The third kappa shape index (κ3) is 2.41. The fourth-order valence-corrected chi connectivity index (χ4v) is 2.22. The Hall–Kier alpha value is -0.810. The SMILES string of the molecule is C[C@]1(O)C[C@@H](Nc2ncc(Br)cc2N)C1. The minimum Gasteiger partial charge on any atom is -0.396 e. The molecule has 0 saturated heterocycles. The topological polar surface area (TPSA) is 71.2 Å². The van der Waals surface area contributed by atoms with Gasteiger partial charge in [-0.2, -0.15) is 0 Å². The number of hydrogen-bond donors (Lipinski definition) is 3. The molecule has 4 N–H and O–H groups in total. The molecule has 1 aliphatic rings. The highest BCUT2D eigenvalue weighted by molar-refractivity contribution is 9.10. The van der Waals surface area contributed by atoms with Gasteiger partial charge in [0.1, 0.15) is 5.82 Å². The second-order valence-corrected chi connectivity index (χ2v) is 5.25. The van der Waals surface area contributed by atoms with E-state index >= 15 is 0 Å². The van der Waals surface area contributed by atoms with Gasteiger partial charge in [-0.05, 0) is 41.8 Å². The van der Waals surface area contributed by atoms with Gasteiger partial charge < -0.3 is 16.2 Å². The molecule has 0 bridgehead atoms. The fraction of sp³-hybridized carbons (Fsp3) is 0.500. The summed E-state index contributed by atoms with van der Waals surface area (Å²) in [5.41, 5.74) is 5.89. The van der Waals surface area contributed by atoms with Crippen molar-refractivity contribution in [3.8, 4) is 0 Å². The minimum absolute atomic E-state index is 0.274. The summed E-state index contributed by atoms with van der Waals surface area (Å²) in [7, 11) is 0. The number of nitrogens with zero attached hydrogens (tertiary/aromatic N) is 1. The number of halogens is 1. The first kappa shape index (κ1) is 10.7. The van der Waals surface area contributed by atoms with E-state index in [4.69, 9.17) is 5.73 Å². The fourth-order valence-electron chi connectivity index (χ4n) is 1.87. The second-order valence-electron chi connectivity index (χ2n) is 4.34. The van der Waals surface area contributed by atoms with Crippen LogP contribution in [0.15, 0.2) is 16.7 Å². The summed E-state index contributed by atoms with van der Waals surface area (Å²) in [6.45, 7) is 1.84. The van der Waals surface area contributed by atoms with E-state index < -0.39 is 5.60 Å². The molecule has 0 unspecified atom stereocenters. The maximum absolute atomic E-state index is 9.58. The van der Waals surface area contributed by atoms with Gasteiger partial charge in [0.05, 0.1) is 11.3 Å². The Morgan fingerprint density at radius 2 is 2.33 bits per heavy atom. The first-order valence-corrected chi connectivity index (χ1v) is 5.65. The van der Waals surface area contributed by atoms with Crippen LogP contribution < -0.4 is 11.1 Å². The molecule has 2 rings (SSSR count). The predicted octanol–water partition coefficient (Wildman–Crippen LogP) is 1.75. The van der Waals surface area contributed by atoms with E-state index in [0.717, 1.165) is 17.3 Å². The lowest BCUT2D eigenvalue weighted by Crippen LogP contribution is -2.48. The van der Waals surface area contributed by atoms with Crippen molar-refractivity contribution in [1.82, 2.24) is 4.98 Å². The predicted molar refractivity (Wildman–Crippen MR) is 63.6 cm³/mol. The molecule has 0 aliphatic heterocycles. The van der Waals surface area contributed by atoms with Gasteiger partial charge in [-0.15, -0.1) is 0 Å². The molecule has 5 heteroatoms. The van der Waals surface area contributed by atoms with E-state index in [9.17, 15) is 5.11 Å². The molecular weight excluding hydrogens is 258 g/mol. The maximum Gasteiger partial charge on any atom is 0.149 e. The van der Waals surface area contributed by atoms with Crippen molar-refractivity contribution in [1.29, 1.82) is 0 Å². The highest BCUT2D eigenvalue weighted by atomic mass is 79.9. The summed E-state index contributed by atoms with van der Waals surface area (Å²) in [5, 5.41) is 12.8. The van der Waals surface area contributed by atoms with E-state index in [1.54, 1.807) is 6.20 Å². The molecule has 1 fully saturated rings. The van der Waals surface area contributed by atoms with Crippen molar-refractivity contribution in [2.45, 2.75) is 31.4 Å². The molecule has 0 aromatic carbocycles. The van der Waals surface area contributed by atoms with Gasteiger partial charge >= 0.3 is 0 Å². The van der Waals surface area contributed by atoms with Gasteiger partial charge in [-0.25, -0.2) is 4.98 Å². The number of nitrogens with two attached hydrogens (primary N) is 1. The quantitative estimate of drug-likeness (QED) is 0.767. The van der Waals surface area contributed by atoms with Crippen LogP contribution in [0.3, 0.4) is 0 Å². The lowest BCUT2D eigenvalue weighted by atomic mass is 9.77. The molecule has 1 saturated carbocycles. The molecule has 0 radical (unpaired) electrons. The standard InChI is InChI=1S/C10H14BrN3O/c1-10(15)3-7(4-10)14-9-8(12)2-6(11)5-13-9/h2,5,7,15H,3-4,12H2,1H3,(H,13,14)/t7-,10+. The highest BCUT2D eigenvalue weighted by Gasteiger charge is 2.38. The summed E-state index contributed by atoms with van der Waals surface area (Å²) in [4.78, 5) is 4.18. The molecule has 1 aromatic heterocycles. The Balaban J connectivity index is 2.00. The van der Waals surface area contributed by atoms with E-state index in [0.29, 0.717) is 11.5 Å². The zero-order valence-electron chi connectivity index (χ0n) is 8.50. The Labute approximate surface area is 97.0 Å². The van der Waals surface area contributed by atoms with Gasteiger partial charge in [-0.3, -0.25) is 0 Å². The lowest BCUT2D eigenvalue weighted by Gasteiger charge is -2.41. The maximum atomic E-state index is 9.58. The first-order chi connectivity index (χ1) is 6.96. The molecule has 1 aromatic rings. The normalized spacial score (nSPS) is 29.7. The number of anilines is 2. The largest absolute Gasteiger partial charge is 0.396 e. The lowest BCUT2D eigenvalue weighted by molar-refractivity contribution is -0.0235. The van der Waals surface area contributed by atoms with Gasteiger partial charge in [0.2, 0.25) is 0 Å². The molecular formula is C10H14BrN3O. The Morgan fingerprint density at radius 3 is 2.87 bits per heavy atom. The van der Waals surface area contributed by atoms with Crippen molar-refractivity contribution >= 4 is 27.4 Å². The van der Waals surface area contributed by atoms with Crippen LogP contribution in [0.1, 0.15) is 19.8 Å². The molecule has 4 nitrogen and oxygen atoms in total. The zero-order chi connectivity index (χ0) is 11.1. The van der Waals surface area contributed by atoms with Crippen LogP contribution in [-0.2, 0) is 0 Å². The molecule has 15 heavy (non-hydrogen) atoms. The van der Waals surface area contributed by atoms with Gasteiger partial charge in [0.15, 0.2) is 0 Å². The summed E-state index contributed by atoms with van der Waals surface area (Å²) >= 11 is 3.30. The minimum atomic E-state index is -0.526. The summed E-state index contributed by atoms with van der Waals surface area (Å²) in [5.74, 6) is 0.693. The number of hydrogen-bond acceptors (Lipinski definition) is 4. The average molecular weight is 272 g/mol. The van der Waals surface area contributed by atoms with Crippen molar-refractivity contribution in [2.75, 3.05) is 11.1 Å². The van der Waals surface area contributed by atoms with E-state index in [1.165, 1.54) is 0 Å². The molecule has 0 atom stereocenters. The van der Waals surface area contributed by atoms with Crippen LogP contribution >= 0.6 is 15.9 Å². The summed E-state index contributed by atoms with van der Waals surface area (Å²) < 4.78 is 0.867. The summed E-state index contributed by atoms with van der Waals surface area (Å²) in [6.07, 6.45) is 3.18. The van der Waals surface area contributed by atoms with Crippen molar-refractivity contribution in [3.63, 3.8) is 0 Å². The van der Waals surface area contributed by atoms with Crippen LogP contribution in [0.25, 0.3) is 0 Å². The van der Waals surface area contributed by atoms with Gasteiger partial charge in [0, 0.05) is 16.7 Å². The third-order valence-electron chi connectivity index (χ3n) is 2.60. The molecule has 0 amide bonds.